The molecule has 8 heteroatoms. The first-order valence-electron chi connectivity index (χ1n) is 10.6. The SMILES string of the molecule is CC(C)[C@@H](NC(=O)CN1CCCN(S(=O)(=O)c2ccc(F)cc2)CC1)c1ccccc1. The van der Waals surface area contributed by atoms with Gasteiger partial charge in [-0.05, 0) is 48.7 Å². The van der Waals surface area contributed by atoms with E-state index < -0.39 is 15.8 Å². The lowest BCUT2D eigenvalue weighted by Crippen LogP contribution is -2.42. The number of nitrogens with one attached hydrogen (secondary N) is 1. The molecule has 6 nitrogen and oxygen atoms in total. The summed E-state index contributed by atoms with van der Waals surface area (Å²) in [6.07, 6.45) is 0.625. The van der Waals surface area contributed by atoms with Gasteiger partial charge in [0.15, 0.2) is 0 Å². The van der Waals surface area contributed by atoms with E-state index in [1.54, 1.807) is 0 Å². The molecule has 31 heavy (non-hydrogen) atoms. The molecule has 1 aliphatic heterocycles. The van der Waals surface area contributed by atoms with Crippen LogP contribution in [0.2, 0.25) is 0 Å². The summed E-state index contributed by atoms with van der Waals surface area (Å²) in [5.41, 5.74) is 1.07. The van der Waals surface area contributed by atoms with Crippen molar-refractivity contribution in [3.63, 3.8) is 0 Å². The van der Waals surface area contributed by atoms with Crippen molar-refractivity contribution in [3.05, 3.63) is 66.0 Å². The van der Waals surface area contributed by atoms with Crippen LogP contribution in [0, 0.1) is 11.7 Å². The van der Waals surface area contributed by atoms with Gasteiger partial charge >= 0.3 is 0 Å². The van der Waals surface area contributed by atoms with Gasteiger partial charge in [0.1, 0.15) is 5.82 Å². The third-order valence-corrected chi connectivity index (χ3v) is 7.42. The van der Waals surface area contributed by atoms with Gasteiger partial charge in [0.25, 0.3) is 0 Å². The van der Waals surface area contributed by atoms with E-state index in [0.717, 1.165) is 17.7 Å². The molecular formula is C23H30FN3O3S. The van der Waals surface area contributed by atoms with Gasteiger partial charge in [-0.25, -0.2) is 12.8 Å². The Morgan fingerprint density at radius 3 is 2.32 bits per heavy atom. The van der Waals surface area contributed by atoms with Crippen molar-refractivity contribution in [2.24, 2.45) is 5.92 Å². The summed E-state index contributed by atoms with van der Waals surface area (Å²) in [4.78, 5) is 14.8. The van der Waals surface area contributed by atoms with Gasteiger partial charge in [-0.1, -0.05) is 44.2 Å². The van der Waals surface area contributed by atoms with Crippen molar-refractivity contribution in [3.8, 4) is 0 Å². The smallest absolute Gasteiger partial charge is 0.243 e. The van der Waals surface area contributed by atoms with Crippen LogP contribution in [0.15, 0.2) is 59.5 Å². The van der Waals surface area contributed by atoms with Gasteiger partial charge in [-0.3, -0.25) is 9.69 Å². The lowest BCUT2D eigenvalue weighted by molar-refractivity contribution is -0.123. The van der Waals surface area contributed by atoms with E-state index in [1.807, 2.05) is 35.2 Å². The van der Waals surface area contributed by atoms with Crippen molar-refractivity contribution in [2.75, 3.05) is 32.7 Å². The average Bonchev–Trinajstić information content (AvgIpc) is 2.99. The molecule has 0 saturated carbocycles. The lowest BCUT2D eigenvalue weighted by Gasteiger charge is -2.25. The Balaban J connectivity index is 1.59. The minimum Gasteiger partial charge on any atom is -0.348 e. The monoisotopic (exact) mass is 447 g/mol. The maximum absolute atomic E-state index is 13.2. The Morgan fingerprint density at radius 1 is 1.00 bits per heavy atom. The van der Waals surface area contributed by atoms with E-state index in [1.165, 1.54) is 16.4 Å². The molecule has 1 aliphatic rings. The minimum atomic E-state index is -3.68. The maximum atomic E-state index is 13.2. The molecule has 3 rings (SSSR count). The predicted octanol–water partition coefficient (Wildman–Crippen LogP) is 3.04. The van der Waals surface area contributed by atoms with Crippen molar-refractivity contribution in [1.29, 1.82) is 0 Å². The fraction of sp³-hybridized carbons (Fsp3) is 0.435. The molecule has 1 atom stereocenters. The van der Waals surface area contributed by atoms with Crippen molar-refractivity contribution in [1.82, 2.24) is 14.5 Å². The van der Waals surface area contributed by atoms with Crippen LogP contribution in [-0.2, 0) is 14.8 Å². The molecule has 0 bridgehead atoms. The Labute approximate surface area is 184 Å². The van der Waals surface area contributed by atoms with E-state index in [0.29, 0.717) is 32.6 Å². The molecule has 1 saturated heterocycles. The molecule has 1 heterocycles. The van der Waals surface area contributed by atoms with Crippen molar-refractivity contribution < 1.29 is 17.6 Å². The first-order valence-corrected chi connectivity index (χ1v) is 12.0. The van der Waals surface area contributed by atoms with Crippen molar-refractivity contribution in [2.45, 2.75) is 31.2 Å². The molecule has 1 amide bonds. The molecule has 0 unspecified atom stereocenters. The van der Waals surface area contributed by atoms with Gasteiger partial charge in [0.05, 0.1) is 17.5 Å². The topological polar surface area (TPSA) is 69.7 Å². The molecule has 0 aromatic heterocycles. The molecule has 2 aromatic carbocycles. The summed E-state index contributed by atoms with van der Waals surface area (Å²) in [5.74, 6) is -0.300. The van der Waals surface area contributed by atoms with E-state index in [9.17, 15) is 17.6 Å². The molecule has 168 valence electrons. The number of hydrogen-bond donors (Lipinski definition) is 1. The number of rotatable bonds is 7. The number of halogens is 1. The lowest BCUT2D eigenvalue weighted by atomic mass is 9.96. The fourth-order valence-corrected chi connectivity index (χ4v) is 5.29. The average molecular weight is 448 g/mol. The van der Waals surface area contributed by atoms with Crippen molar-refractivity contribution >= 4 is 15.9 Å². The first kappa shape index (κ1) is 23.4. The second-order valence-electron chi connectivity index (χ2n) is 8.19. The third-order valence-electron chi connectivity index (χ3n) is 5.51. The number of sulfonamides is 1. The Bertz CT molecular complexity index is 965. The third kappa shape index (κ3) is 6.12. The quantitative estimate of drug-likeness (QED) is 0.708. The van der Waals surface area contributed by atoms with E-state index >= 15 is 0 Å². The van der Waals surface area contributed by atoms with Crippen LogP contribution in [0.5, 0.6) is 0 Å². The predicted molar refractivity (Wildman–Crippen MR) is 118 cm³/mol. The summed E-state index contributed by atoms with van der Waals surface area (Å²) in [7, 11) is -3.68. The zero-order valence-electron chi connectivity index (χ0n) is 18.0. The molecule has 1 fully saturated rings. The molecule has 1 N–H and O–H groups in total. The number of nitrogens with zero attached hydrogens (tertiary/aromatic N) is 2. The molecular weight excluding hydrogens is 417 g/mol. The fourth-order valence-electron chi connectivity index (χ4n) is 3.82. The second kappa shape index (κ2) is 10.3. The summed E-state index contributed by atoms with van der Waals surface area (Å²) >= 11 is 0. The summed E-state index contributed by atoms with van der Waals surface area (Å²) in [6.45, 7) is 6.13. The highest BCUT2D eigenvalue weighted by Crippen LogP contribution is 2.22. The second-order valence-corrected chi connectivity index (χ2v) is 10.1. The van der Waals surface area contributed by atoms with Crippen LogP contribution in [0.3, 0.4) is 0 Å². The normalized spacial score (nSPS) is 17.3. The highest BCUT2D eigenvalue weighted by Gasteiger charge is 2.28. The number of carbonyl (C=O) groups excluding carboxylic acids is 1. The zero-order valence-corrected chi connectivity index (χ0v) is 18.8. The van der Waals surface area contributed by atoms with Gasteiger partial charge in [-0.15, -0.1) is 0 Å². The van der Waals surface area contributed by atoms with Crippen LogP contribution in [0.25, 0.3) is 0 Å². The zero-order chi connectivity index (χ0) is 22.4. The van der Waals surface area contributed by atoms with Crippen LogP contribution in [-0.4, -0.2) is 56.3 Å². The van der Waals surface area contributed by atoms with Gasteiger partial charge in [-0.2, -0.15) is 4.31 Å². The van der Waals surface area contributed by atoms with E-state index in [2.05, 4.69) is 19.2 Å². The summed E-state index contributed by atoms with van der Waals surface area (Å²) in [6, 6.07) is 14.7. The summed E-state index contributed by atoms with van der Waals surface area (Å²) in [5, 5.41) is 3.13. The van der Waals surface area contributed by atoms with E-state index in [-0.39, 0.29) is 29.3 Å². The van der Waals surface area contributed by atoms with Crippen LogP contribution < -0.4 is 5.32 Å². The Kier molecular flexibility index (Phi) is 7.80. The van der Waals surface area contributed by atoms with Gasteiger partial charge < -0.3 is 5.32 Å². The van der Waals surface area contributed by atoms with Gasteiger partial charge in [0, 0.05) is 19.6 Å². The first-order chi connectivity index (χ1) is 14.8. The standard InChI is InChI=1S/C23H30FN3O3S/c1-18(2)23(19-7-4-3-5-8-19)25-22(28)17-26-13-6-14-27(16-15-26)31(29,30)21-11-9-20(24)10-12-21/h3-5,7-12,18,23H,6,13-17H2,1-2H3,(H,25,28)/t23-/m1/s1. The molecule has 0 aliphatic carbocycles. The summed E-state index contributed by atoms with van der Waals surface area (Å²) < 4.78 is 40.3. The molecule has 0 radical (unpaired) electrons. The number of carbonyl (C=O) groups is 1. The Morgan fingerprint density at radius 2 is 1.68 bits per heavy atom. The maximum Gasteiger partial charge on any atom is 0.243 e. The largest absolute Gasteiger partial charge is 0.348 e. The minimum absolute atomic E-state index is 0.0719. The van der Waals surface area contributed by atoms with Crippen LogP contribution in [0.1, 0.15) is 31.9 Å². The highest BCUT2D eigenvalue weighted by atomic mass is 32.2. The van der Waals surface area contributed by atoms with Crippen LogP contribution in [0.4, 0.5) is 4.39 Å². The van der Waals surface area contributed by atoms with E-state index in [4.69, 9.17) is 0 Å². The molecule has 0 spiro atoms. The van der Waals surface area contributed by atoms with Crippen LogP contribution >= 0.6 is 0 Å². The van der Waals surface area contributed by atoms with Gasteiger partial charge in [0.2, 0.25) is 15.9 Å². The number of hydrogen-bond acceptors (Lipinski definition) is 4. The number of amides is 1. The highest BCUT2D eigenvalue weighted by molar-refractivity contribution is 7.89. The Hall–Kier alpha value is -2.29. The number of benzene rings is 2. The molecule has 2 aromatic rings.